The molecule has 0 unspecified atom stereocenters. The predicted molar refractivity (Wildman–Crippen MR) is 115 cm³/mol. The summed E-state index contributed by atoms with van der Waals surface area (Å²) in [7, 11) is -4.61. The molecule has 2 heterocycles. The molecule has 0 spiro atoms. The minimum absolute atomic E-state index is 0.102. The first-order valence-corrected chi connectivity index (χ1v) is 11.7. The monoisotopic (exact) mass is 516 g/mol. The maximum absolute atomic E-state index is 13.1. The van der Waals surface area contributed by atoms with Crippen LogP contribution in [0.2, 0.25) is 0 Å². The fourth-order valence-electron chi connectivity index (χ4n) is 3.64. The number of hydrogen-bond acceptors (Lipinski definition) is 5. The Balaban J connectivity index is 1.52. The van der Waals surface area contributed by atoms with Crippen molar-refractivity contribution >= 4 is 15.8 Å². The Kier molecular flexibility index (Phi) is 6.49. The van der Waals surface area contributed by atoms with Crippen molar-refractivity contribution < 1.29 is 34.8 Å². The Hall–Kier alpha value is -3.19. The minimum atomic E-state index is -5.14. The van der Waals surface area contributed by atoms with Gasteiger partial charge in [0, 0.05) is 31.7 Å². The smallest absolute Gasteiger partial charge is 0.352 e. The van der Waals surface area contributed by atoms with Gasteiger partial charge < -0.3 is 4.90 Å². The predicted octanol–water partition coefficient (Wildman–Crippen LogP) is 4.69. The van der Waals surface area contributed by atoms with Crippen LogP contribution < -0.4 is 4.90 Å². The number of anilines is 1. The molecule has 13 heteroatoms. The van der Waals surface area contributed by atoms with E-state index in [4.69, 9.17) is 0 Å². The third-order valence-corrected chi connectivity index (χ3v) is 7.36. The lowest BCUT2D eigenvalue weighted by Gasteiger charge is -2.34. The lowest BCUT2D eigenvalue weighted by Crippen LogP contribution is -2.49. The van der Waals surface area contributed by atoms with Gasteiger partial charge in [0.15, 0.2) is 5.82 Å². The van der Waals surface area contributed by atoms with E-state index in [1.165, 1.54) is 0 Å². The van der Waals surface area contributed by atoms with Gasteiger partial charge in [-0.05, 0) is 30.3 Å². The molecule has 1 aliphatic heterocycles. The molecular weight excluding hydrogens is 498 g/mol. The van der Waals surface area contributed by atoms with E-state index in [1.54, 1.807) is 17.0 Å². The molecule has 0 aliphatic carbocycles. The zero-order valence-electron chi connectivity index (χ0n) is 17.9. The van der Waals surface area contributed by atoms with Gasteiger partial charge in [0.05, 0.1) is 21.7 Å². The van der Waals surface area contributed by atoms with Gasteiger partial charge in [-0.1, -0.05) is 30.3 Å². The van der Waals surface area contributed by atoms with E-state index in [2.05, 4.69) is 10.2 Å². The number of benzene rings is 2. The molecule has 0 saturated carbocycles. The molecule has 0 atom stereocenters. The summed E-state index contributed by atoms with van der Waals surface area (Å²) in [6.45, 7) is -0.0442. The van der Waals surface area contributed by atoms with Gasteiger partial charge in [-0.2, -0.15) is 30.6 Å². The van der Waals surface area contributed by atoms with Crippen LogP contribution >= 0.6 is 0 Å². The van der Waals surface area contributed by atoms with Crippen LogP contribution in [0.4, 0.5) is 32.2 Å². The van der Waals surface area contributed by atoms with E-state index < -0.39 is 38.4 Å². The van der Waals surface area contributed by atoms with Crippen LogP contribution in [-0.2, 0) is 22.4 Å². The van der Waals surface area contributed by atoms with E-state index in [1.807, 2.05) is 30.3 Å². The van der Waals surface area contributed by atoms with Crippen LogP contribution in [0.1, 0.15) is 11.1 Å². The van der Waals surface area contributed by atoms with Gasteiger partial charge in [-0.3, -0.25) is 0 Å². The van der Waals surface area contributed by atoms with Gasteiger partial charge in [0.2, 0.25) is 10.0 Å². The third kappa shape index (κ3) is 5.40. The summed E-state index contributed by atoms with van der Waals surface area (Å²) in [5.74, 6) is 0.472. The second-order valence-electron chi connectivity index (χ2n) is 7.78. The number of alkyl halides is 6. The molecule has 1 fully saturated rings. The average molecular weight is 516 g/mol. The molecular formula is C22H18F6N4O2S. The van der Waals surface area contributed by atoms with Crippen molar-refractivity contribution in [1.29, 1.82) is 0 Å². The number of hydrogen-bond donors (Lipinski definition) is 0. The summed E-state index contributed by atoms with van der Waals surface area (Å²) in [5, 5.41) is 8.33. The van der Waals surface area contributed by atoms with Gasteiger partial charge in [-0.15, -0.1) is 10.2 Å². The Morgan fingerprint density at radius 2 is 1.29 bits per heavy atom. The number of nitrogens with zero attached hydrogens (tertiary/aromatic N) is 4. The van der Waals surface area contributed by atoms with Crippen LogP contribution in [0.25, 0.3) is 11.3 Å². The SMILES string of the molecule is O=S(=O)(c1cc(C(F)(F)F)cc(C(F)(F)F)c1)N1CCN(c2ccc(-c3ccccc3)nn2)CC1. The molecule has 1 saturated heterocycles. The second kappa shape index (κ2) is 9.11. The van der Waals surface area contributed by atoms with Crippen LogP contribution in [0.5, 0.6) is 0 Å². The summed E-state index contributed by atoms with van der Waals surface area (Å²) in [4.78, 5) is 0.682. The standard InChI is InChI=1S/C22H18F6N4O2S/c23-21(24,25)16-12-17(22(26,27)28)14-18(13-16)35(33,34)32-10-8-31(9-11-32)20-7-6-19(29-30-20)15-4-2-1-3-5-15/h1-7,12-14H,8-11H2. The van der Waals surface area contributed by atoms with Gasteiger partial charge in [0.1, 0.15) is 0 Å². The van der Waals surface area contributed by atoms with Crippen LogP contribution in [0, 0.1) is 0 Å². The Morgan fingerprint density at radius 1 is 0.714 bits per heavy atom. The zero-order valence-corrected chi connectivity index (χ0v) is 18.7. The molecule has 6 nitrogen and oxygen atoms in total. The van der Waals surface area contributed by atoms with Crippen molar-refractivity contribution in [3.05, 3.63) is 71.8 Å². The number of rotatable bonds is 4. The summed E-state index contributed by atoms with van der Waals surface area (Å²) >= 11 is 0. The zero-order chi connectivity index (χ0) is 25.4. The van der Waals surface area contributed by atoms with Crippen molar-refractivity contribution in [1.82, 2.24) is 14.5 Å². The number of sulfonamides is 1. The van der Waals surface area contributed by atoms with E-state index >= 15 is 0 Å². The molecule has 0 N–H and O–H groups in total. The maximum atomic E-state index is 13.1. The third-order valence-electron chi connectivity index (χ3n) is 5.48. The molecule has 2 aromatic carbocycles. The number of aromatic nitrogens is 2. The maximum Gasteiger partial charge on any atom is 0.416 e. The summed E-state index contributed by atoms with van der Waals surface area (Å²) < 4.78 is 106. The Bertz CT molecular complexity index is 1260. The van der Waals surface area contributed by atoms with Crippen molar-refractivity contribution in [2.45, 2.75) is 17.2 Å². The topological polar surface area (TPSA) is 66.4 Å². The van der Waals surface area contributed by atoms with E-state index in [0.29, 0.717) is 11.5 Å². The van der Waals surface area contributed by atoms with Crippen molar-refractivity contribution in [3.63, 3.8) is 0 Å². The molecule has 186 valence electrons. The minimum Gasteiger partial charge on any atom is -0.352 e. The van der Waals surface area contributed by atoms with Gasteiger partial charge >= 0.3 is 12.4 Å². The van der Waals surface area contributed by atoms with Crippen LogP contribution in [0.15, 0.2) is 65.6 Å². The van der Waals surface area contributed by atoms with E-state index in [-0.39, 0.29) is 44.4 Å². The van der Waals surface area contributed by atoms with Crippen molar-refractivity contribution in [2.75, 3.05) is 31.1 Å². The van der Waals surface area contributed by atoms with Crippen molar-refractivity contribution in [3.8, 4) is 11.3 Å². The number of piperazine rings is 1. The molecule has 0 amide bonds. The summed E-state index contributed by atoms with van der Waals surface area (Å²) in [5.41, 5.74) is -1.86. The largest absolute Gasteiger partial charge is 0.416 e. The number of halogens is 6. The van der Waals surface area contributed by atoms with Crippen LogP contribution in [0.3, 0.4) is 0 Å². The molecule has 4 rings (SSSR count). The highest BCUT2D eigenvalue weighted by atomic mass is 32.2. The molecule has 1 aliphatic rings. The fraction of sp³-hybridized carbons (Fsp3) is 0.273. The average Bonchev–Trinajstić information content (AvgIpc) is 2.83. The van der Waals surface area contributed by atoms with Gasteiger partial charge in [0.25, 0.3) is 0 Å². The molecule has 3 aromatic rings. The quantitative estimate of drug-likeness (QED) is 0.471. The Labute approximate surface area is 196 Å². The molecule has 1 aromatic heterocycles. The highest BCUT2D eigenvalue weighted by Gasteiger charge is 2.39. The first kappa shape index (κ1) is 24.9. The highest BCUT2D eigenvalue weighted by molar-refractivity contribution is 7.89. The lowest BCUT2D eigenvalue weighted by molar-refractivity contribution is -0.143. The first-order valence-electron chi connectivity index (χ1n) is 10.3. The lowest BCUT2D eigenvalue weighted by atomic mass is 10.1. The molecule has 0 bridgehead atoms. The first-order chi connectivity index (χ1) is 16.4. The normalized spacial score (nSPS) is 15.9. The fourth-order valence-corrected chi connectivity index (χ4v) is 5.13. The summed E-state index contributed by atoms with van der Waals surface area (Å²) in [6.07, 6.45) is -10.3. The molecule has 35 heavy (non-hydrogen) atoms. The Morgan fingerprint density at radius 3 is 1.77 bits per heavy atom. The van der Waals surface area contributed by atoms with Crippen molar-refractivity contribution in [2.24, 2.45) is 0 Å². The summed E-state index contributed by atoms with van der Waals surface area (Å²) in [6, 6.07) is 13.1. The highest BCUT2D eigenvalue weighted by Crippen LogP contribution is 2.38. The van der Waals surface area contributed by atoms with Gasteiger partial charge in [-0.25, -0.2) is 8.42 Å². The molecule has 0 radical (unpaired) electrons. The second-order valence-corrected chi connectivity index (χ2v) is 9.71. The van der Waals surface area contributed by atoms with E-state index in [0.717, 1.165) is 9.87 Å². The van der Waals surface area contributed by atoms with Crippen LogP contribution in [-0.4, -0.2) is 49.1 Å². The van der Waals surface area contributed by atoms with E-state index in [9.17, 15) is 34.8 Å².